The fourth-order valence-corrected chi connectivity index (χ4v) is 5.42. The first-order valence-corrected chi connectivity index (χ1v) is 10.8. The van der Waals surface area contributed by atoms with Gasteiger partial charge in [0.25, 0.3) is 0 Å². The highest BCUT2D eigenvalue weighted by atomic mass is 35.5. The third kappa shape index (κ3) is 4.75. The van der Waals surface area contributed by atoms with E-state index in [1.165, 1.54) is 11.8 Å². The van der Waals surface area contributed by atoms with Crippen molar-refractivity contribution in [1.82, 2.24) is 4.90 Å². The zero-order valence-electron chi connectivity index (χ0n) is 17.0. The monoisotopic (exact) mass is 531 g/mol. The summed E-state index contributed by atoms with van der Waals surface area (Å²) in [5.74, 6) is -0.658. The van der Waals surface area contributed by atoms with Gasteiger partial charge in [-0.25, -0.2) is 4.99 Å². The third-order valence-electron chi connectivity index (χ3n) is 4.83. The van der Waals surface area contributed by atoms with Crippen molar-refractivity contribution in [3.63, 3.8) is 0 Å². The predicted octanol–water partition coefficient (Wildman–Crippen LogP) is 5.72. The second kappa shape index (κ2) is 10.9. The summed E-state index contributed by atoms with van der Waals surface area (Å²) in [5, 5.41) is 13.8. The second-order valence-electron chi connectivity index (χ2n) is 6.65. The van der Waals surface area contributed by atoms with Gasteiger partial charge in [-0.1, -0.05) is 47.5 Å². The van der Waals surface area contributed by atoms with Gasteiger partial charge in [-0.3, -0.25) is 0 Å². The molecule has 0 bridgehead atoms. The number of thioether (sulfide) groups is 1. The largest absolute Gasteiger partial charge is 0.545 e. The molecule has 2 aliphatic heterocycles. The molecule has 1 atom stereocenters. The van der Waals surface area contributed by atoms with Crippen LogP contribution in [0.5, 0.6) is 5.75 Å². The molecule has 0 aliphatic carbocycles. The number of para-hydroxylation sites is 1. The molecule has 1 unspecified atom stereocenters. The van der Waals surface area contributed by atoms with Crippen molar-refractivity contribution in [1.29, 1.82) is 0 Å². The minimum atomic E-state index is -1.27. The van der Waals surface area contributed by atoms with E-state index in [1.807, 2.05) is 42.3 Å². The van der Waals surface area contributed by atoms with Gasteiger partial charge in [0.1, 0.15) is 5.75 Å². The number of fused-ring (bicyclic) bond motifs is 1. The fraction of sp³-hybridized carbons (Fsp3) is 0.182. The molecule has 0 spiro atoms. The molecule has 0 radical (unpaired) electrons. The maximum absolute atomic E-state index is 12.1. The smallest absolute Gasteiger partial charge is 0.173 e. The maximum Gasteiger partial charge on any atom is 0.173 e. The number of rotatable bonds is 5. The van der Waals surface area contributed by atoms with E-state index in [0.29, 0.717) is 44.4 Å². The number of ether oxygens (including phenoxy) is 1. The summed E-state index contributed by atoms with van der Waals surface area (Å²) in [7, 11) is 0. The van der Waals surface area contributed by atoms with Crippen LogP contribution in [0.2, 0.25) is 10.0 Å². The number of carbonyl (C=O) groups excluding carboxylic acids is 1. The van der Waals surface area contributed by atoms with Gasteiger partial charge in [-0.2, -0.15) is 0 Å². The highest BCUT2D eigenvalue weighted by Crippen LogP contribution is 2.49. The molecule has 4 rings (SSSR count). The van der Waals surface area contributed by atoms with Crippen molar-refractivity contribution < 1.29 is 14.6 Å². The lowest BCUT2D eigenvalue weighted by atomic mass is 9.94. The second-order valence-corrected chi connectivity index (χ2v) is 8.48. The van der Waals surface area contributed by atoms with E-state index in [0.717, 1.165) is 4.91 Å². The molecule has 5 nitrogen and oxygen atoms in total. The first kappa shape index (κ1) is 26.4. The zero-order valence-corrected chi connectivity index (χ0v) is 21.0. The average molecular weight is 533 g/mol. The maximum atomic E-state index is 12.1. The van der Waals surface area contributed by atoms with Crippen molar-refractivity contribution in [2.45, 2.75) is 19.9 Å². The fourth-order valence-electron chi connectivity index (χ4n) is 3.57. The summed E-state index contributed by atoms with van der Waals surface area (Å²) in [5.41, 5.74) is 1.89. The molecule has 0 aromatic heterocycles. The molecule has 0 saturated heterocycles. The molecule has 32 heavy (non-hydrogen) atoms. The Morgan fingerprint density at radius 3 is 2.44 bits per heavy atom. The number of halogens is 4. The summed E-state index contributed by atoms with van der Waals surface area (Å²) >= 11 is 14.2. The number of nitrogens with zero attached hydrogens (tertiary/aromatic N) is 2. The van der Waals surface area contributed by atoms with Gasteiger partial charge in [-0.15, -0.1) is 24.8 Å². The SMILES string of the molecule is CCOc1ccccc1C1C(C(=O)[O-])=C(C)N=C2SC(c3c(Cl)cccc3Cl)=CN21.Cl.Cl. The van der Waals surface area contributed by atoms with Gasteiger partial charge < -0.3 is 19.5 Å². The number of benzene rings is 2. The molecule has 170 valence electrons. The summed E-state index contributed by atoms with van der Waals surface area (Å²) in [4.78, 5) is 19.2. The van der Waals surface area contributed by atoms with Crippen LogP contribution in [0.1, 0.15) is 31.0 Å². The zero-order chi connectivity index (χ0) is 21.4. The van der Waals surface area contributed by atoms with Crippen LogP contribution in [0.4, 0.5) is 0 Å². The lowest BCUT2D eigenvalue weighted by Gasteiger charge is -2.35. The van der Waals surface area contributed by atoms with Crippen LogP contribution in [0.25, 0.3) is 4.91 Å². The Labute approximate surface area is 213 Å². The van der Waals surface area contributed by atoms with Crippen LogP contribution in [0, 0.1) is 0 Å². The molecule has 0 amide bonds. The van der Waals surface area contributed by atoms with Crippen LogP contribution in [-0.4, -0.2) is 22.6 Å². The van der Waals surface area contributed by atoms with Gasteiger partial charge in [0.2, 0.25) is 0 Å². The van der Waals surface area contributed by atoms with E-state index in [9.17, 15) is 9.90 Å². The van der Waals surface area contributed by atoms with Crippen molar-refractivity contribution in [2.24, 2.45) is 4.99 Å². The van der Waals surface area contributed by atoms with E-state index in [-0.39, 0.29) is 30.4 Å². The van der Waals surface area contributed by atoms with E-state index in [4.69, 9.17) is 27.9 Å². The number of hydrogen-bond acceptors (Lipinski definition) is 6. The number of carboxylic acid groups (broad SMARTS) is 1. The lowest BCUT2D eigenvalue weighted by molar-refractivity contribution is -0.300. The Morgan fingerprint density at radius 1 is 1.16 bits per heavy atom. The van der Waals surface area contributed by atoms with Gasteiger partial charge in [-0.05, 0) is 43.8 Å². The highest BCUT2D eigenvalue weighted by Gasteiger charge is 2.38. The number of hydrogen-bond donors (Lipinski definition) is 0. The number of aliphatic imine (C=N–C) groups is 1. The topological polar surface area (TPSA) is 65.0 Å². The first-order valence-electron chi connectivity index (χ1n) is 9.27. The van der Waals surface area contributed by atoms with Gasteiger partial charge >= 0.3 is 0 Å². The van der Waals surface area contributed by atoms with Crippen LogP contribution in [0.15, 0.2) is 64.9 Å². The number of carbonyl (C=O) groups is 1. The number of carboxylic acids is 1. The summed E-state index contributed by atoms with van der Waals surface area (Å²) < 4.78 is 5.78. The van der Waals surface area contributed by atoms with E-state index in [2.05, 4.69) is 4.99 Å². The molecule has 2 aromatic carbocycles. The summed E-state index contributed by atoms with van der Waals surface area (Å²) in [6.07, 6.45) is 1.83. The number of aliphatic carboxylic acids is 1. The standard InChI is InChI=1S/C22H18Cl2N2O3S.2ClH/c1-3-29-16-10-5-4-7-13(16)20-18(21(27)28)12(2)25-22-26(20)11-17(30-22)19-14(23)8-6-9-15(19)24;;/h4-11,20H,3H2,1-2H3,(H,27,28);2*1H/p-1. The summed E-state index contributed by atoms with van der Waals surface area (Å²) in [6.45, 7) is 4.01. The van der Waals surface area contributed by atoms with Crippen LogP contribution in [-0.2, 0) is 4.79 Å². The molecular weight excluding hydrogens is 514 g/mol. The number of allylic oxidation sites excluding steroid dienone is 1. The Bertz CT molecular complexity index is 1110. The minimum Gasteiger partial charge on any atom is -0.545 e. The van der Waals surface area contributed by atoms with Gasteiger partial charge in [0.05, 0.1) is 28.7 Å². The average Bonchev–Trinajstić information content (AvgIpc) is 3.10. The van der Waals surface area contributed by atoms with Gasteiger partial charge in [0, 0.05) is 33.5 Å². The molecule has 2 heterocycles. The predicted molar refractivity (Wildman–Crippen MR) is 134 cm³/mol. The Morgan fingerprint density at radius 2 is 1.81 bits per heavy atom. The third-order valence-corrected chi connectivity index (χ3v) is 6.47. The molecule has 2 aliphatic rings. The lowest BCUT2D eigenvalue weighted by Crippen LogP contribution is -2.38. The highest BCUT2D eigenvalue weighted by molar-refractivity contribution is 8.22. The quantitative estimate of drug-likeness (QED) is 0.493. The molecular formula is C22H19Cl4N2O3S-. The molecule has 2 aromatic rings. The Hall–Kier alpha value is -1.83. The van der Waals surface area contributed by atoms with Crippen LogP contribution in [0.3, 0.4) is 0 Å². The van der Waals surface area contributed by atoms with E-state index >= 15 is 0 Å². The molecule has 0 saturated carbocycles. The normalized spacial score (nSPS) is 17.0. The molecule has 10 heteroatoms. The Balaban J connectivity index is 0.00000181. The molecule has 0 fully saturated rings. The first-order chi connectivity index (χ1) is 14.4. The van der Waals surface area contributed by atoms with Gasteiger partial charge in [0.15, 0.2) is 5.17 Å². The number of amidine groups is 1. The van der Waals surface area contributed by atoms with Crippen molar-refractivity contribution >= 4 is 75.8 Å². The van der Waals surface area contributed by atoms with Crippen molar-refractivity contribution in [2.75, 3.05) is 6.61 Å². The van der Waals surface area contributed by atoms with E-state index in [1.54, 1.807) is 25.1 Å². The van der Waals surface area contributed by atoms with Crippen LogP contribution < -0.4 is 9.84 Å². The van der Waals surface area contributed by atoms with E-state index < -0.39 is 12.0 Å². The minimum absolute atomic E-state index is 0. The van der Waals surface area contributed by atoms with Crippen molar-refractivity contribution in [3.05, 3.63) is 81.1 Å². The Kier molecular flexibility index (Phi) is 8.97. The summed E-state index contributed by atoms with van der Waals surface area (Å²) in [6, 6.07) is 12.0. The van der Waals surface area contributed by atoms with Crippen molar-refractivity contribution in [3.8, 4) is 5.75 Å². The van der Waals surface area contributed by atoms with Crippen LogP contribution >= 0.6 is 59.8 Å². The molecule has 0 N–H and O–H groups in total.